The number of carbonyl (C=O) groups excluding carboxylic acids is 1. The minimum Gasteiger partial charge on any atom is -0.489 e. The van der Waals surface area contributed by atoms with Gasteiger partial charge >= 0.3 is 6.03 Å². The molecule has 35 heavy (non-hydrogen) atoms. The molecule has 1 aliphatic rings. The molecule has 180 valence electrons. The molecule has 0 atom stereocenters. The molecule has 4 N–H and O–H groups in total. The average molecular weight is 475 g/mol. The smallest absolute Gasteiger partial charge is 0.319 e. The van der Waals surface area contributed by atoms with Crippen LogP contribution in [0.25, 0.3) is 11.3 Å². The first-order valence-electron chi connectivity index (χ1n) is 11.3. The molecule has 10 heteroatoms. The lowest BCUT2D eigenvalue weighted by atomic mass is 10.1. The predicted molar refractivity (Wildman–Crippen MR) is 130 cm³/mol. The molecule has 0 bridgehead atoms. The van der Waals surface area contributed by atoms with Crippen molar-refractivity contribution >= 4 is 23.4 Å². The van der Waals surface area contributed by atoms with Gasteiger partial charge in [0.2, 0.25) is 5.95 Å². The van der Waals surface area contributed by atoms with Crippen LogP contribution in [0.4, 0.5) is 22.1 Å². The Kier molecular flexibility index (Phi) is 8.06. The number of rotatable bonds is 8. The fourth-order valence-electron chi connectivity index (χ4n) is 3.54. The van der Waals surface area contributed by atoms with Gasteiger partial charge in [0, 0.05) is 42.5 Å². The first-order chi connectivity index (χ1) is 17.1. The lowest BCUT2D eigenvalue weighted by Gasteiger charge is -2.23. The maximum atomic E-state index is 11.7. The second kappa shape index (κ2) is 11.8. The van der Waals surface area contributed by atoms with Gasteiger partial charge in [-0.05, 0) is 48.5 Å². The number of nitrogens with one attached hydrogen (secondary N) is 3. The normalized spacial score (nSPS) is 13.5. The molecular formula is C25H26N6O4. The van der Waals surface area contributed by atoms with E-state index in [0.717, 1.165) is 24.1 Å². The zero-order chi connectivity index (χ0) is 24.5. The topological polar surface area (TPSA) is 141 Å². The number of amides is 2. The van der Waals surface area contributed by atoms with E-state index >= 15 is 0 Å². The van der Waals surface area contributed by atoms with Crippen LogP contribution in [0.3, 0.4) is 0 Å². The number of aliphatic hydroxyl groups excluding tert-OH is 1. The maximum Gasteiger partial charge on any atom is 0.319 e. The third kappa shape index (κ3) is 6.66. The van der Waals surface area contributed by atoms with Crippen LogP contribution in [-0.4, -0.2) is 53.6 Å². The highest BCUT2D eigenvalue weighted by Crippen LogP contribution is 2.28. The van der Waals surface area contributed by atoms with Gasteiger partial charge in [-0.25, -0.2) is 14.8 Å². The Balaban J connectivity index is 1.43. The summed E-state index contributed by atoms with van der Waals surface area (Å²) in [4.78, 5) is 20.5. The Morgan fingerprint density at radius 3 is 2.66 bits per heavy atom. The lowest BCUT2D eigenvalue weighted by Crippen LogP contribution is -2.30. The minimum atomic E-state index is -0.392. The van der Waals surface area contributed by atoms with Gasteiger partial charge < -0.3 is 30.5 Å². The molecule has 2 aromatic carbocycles. The summed E-state index contributed by atoms with van der Waals surface area (Å²) in [5, 5.41) is 26.7. The van der Waals surface area contributed by atoms with Crippen LogP contribution in [0.2, 0.25) is 0 Å². The van der Waals surface area contributed by atoms with E-state index in [-0.39, 0.29) is 19.3 Å². The third-order valence-electron chi connectivity index (χ3n) is 5.31. The van der Waals surface area contributed by atoms with Gasteiger partial charge in [0.05, 0.1) is 31.1 Å². The van der Waals surface area contributed by atoms with Crippen molar-refractivity contribution in [3.63, 3.8) is 0 Å². The SMILES string of the molecule is N#Cc1cc(-c2ccnc(Nc3ccc(NC(=O)NCCO)cc3)n2)ccc1OC1CCOCC1. The zero-order valence-electron chi connectivity index (χ0n) is 19.0. The van der Waals surface area contributed by atoms with Crippen molar-refractivity contribution in [3.8, 4) is 23.1 Å². The molecule has 1 aromatic heterocycles. The van der Waals surface area contributed by atoms with Crippen molar-refractivity contribution in [2.45, 2.75) is 18.9 Å². The van der Waals surface area contributed by atoms with E-state index in [1.54, 1.807) is 48.7 Å². The summed E-state index contributed by atoms with van der Waals surface area (Å²) in [5.74, 6) is 0.958. The standard InChI is InChI=1S/C25H26N6O4/c26-16-18-15-17(1-6-23(18)35-21-8-13-34-14-9-21)22-7-10-27-24(31-22)29-19-2-4-20(5-3-19)30-25(33)28-11-12-32/h1-7,10,15,21,32H,8-9,11-14H2,(H,27,29,31)(H2,28,30,33). The number of hydrogen-bond donors (Lipinski definition) is 4. The molecule has 1 saturated heterocycles. The number of benzene rings is 2. The van der Waals surface area contributed by atoms with Crippen LogP contribution < -0.4 is 20.7 Å². The zero-order valence-corrected chi connectivity index (χ0v) is 19.0. The summed E-state index contributed by atoms with van der Waals surface area (Å²) < 4.78 is 11.4. The van der Waals surface area contributed by atoms with Crippen LogP contribution in [0.5, 0.6) is 5.75 Å². The van der Waals surface area contributed by atoms with Gasteiger partial charge in [-0.2, -0.15) is 5.26 Å². The van der Waals surface area contributed by atoms with Crippen molar-refractivity contribution in [2.24, 2.45) is 0 Å². The van der Waals surface area contributed by atoms with Gasteiger partial charge in [0.1, 0.15) is 17.9 Å². The number of hydrogen-bond acceptors (Lipinski definition) is 8. The van der Waals surface area contributed by atoms with Crippen molar-refractivity contribution in [1.82, 2.24) is 15.3 Å². The number of nitriles is 1. The summed E-state index contributed by atoms with van der Waals surface area (Å²) >= 11 is 0. The third-order valence-corrected chi connectivity index (χ3v) is 5.31. The first-order valence-corrected chi connectivity index (χ1v) is 11.3. The molecule has 3 aromatic rings. The van der Waals surface area contributed by atoms with Gasteiger partial charge in [-0.15, -0.1) is 0 Å². The highest BCUT2D eigenvalue weighted by atomic mass is 16.5. The Morgan fingerprint density at radius 1 is 1.14 bits per heavy atom. The molecule has 4 rings (SSSR count). The second-order valence-electron chi connectivity index (χ2n) is 7.82. The number of anilines is 3. The molecule has 0 radical (unpaired) electrons. The molecule has 1 fully saturated rings. The minimum absolute atomic E-state index is 0.0491. The quantitative estimate of drug-likeness (QED) is 0.389. The summed E-state index contributed by atoms with van der Waals surface area (Å²) in [7, 11) is 0. The molecule has 0 unspecified atom stereocenters. The lowest BCUT2D eigenvalue weighted by molar-refractivity contribution is 0.0254. The highest BCUT2D eigenvalue weighted by molar-refractivity contribution is 5.89. The molecule has 2 heterocycles. The number of aliphatic hydroxyl groups is 1. The van der Waals surface area contributed by atoms with Gasteiger partial charge in [-0.3, -0.25) is 0 Å². The van der Waals surface area contributed by atoms with Crippen molar-refractivity contribution in [2.75, 3.05) is 37.0 Å². The van der Waals surface area contributed by atoms with Crippen LogP contribution >= 0.6 is 0 Å². The van der Waals surface area contributed by atoms with Crippen LogP contribution in [0.1, 0.15) is 18.4 Å². The summed E-state index contributed by atoms with van der Waals surface area (Å²) in [6.45, 7) is 1.39. The Labute approximate surface area is 202 Å². The van der Waals surface area contributed by atoms with Crippen molar-refractivity contribution in [1.29, 1.82) is 5.26 Å². The number of urea groups is 1. The Morgan fingerprint density at radius 2 is 1.91 bits per heavy atom. The summed E-state index contributed by atoms with van der Waals surface area (Å²) in [5.41, 5.74) is 3.23. The van der Waals surface area contributed by atoms with Crippen LogP contribution in [-0.2, 0) is 4.74 Å². The predicted octanol–water partition coefficient (Wildman–Crippen LogP) is 3.43. The van der Waals surface area contributed by atoms with Crippen molar-refractivity contribution in [3.05, 3.63) is 60.3 Å². The number of nitrogens with zero attached hydrogens (tertiary/aromatic N) is 3. The molecule has 2 amide bonds. The van der Waals surface area contributed by atoms with Crippen LogP contribution in [0, 0.1) is 11.3 Å². The maximum absolute atomic E-state index is 11.7. The average Bonchev–Trinajstić information content (AvgIpc) is 2.89. The van der Waals surface area contributed by atoms with E-state index in [0.29, 0.717) is 41.9 Å². The van der Waals surface area contributed by atoms with E-state index in [1.807, 2.05) is 6.07 Å². The van der Waals surface area contributed by atoms with E-state index < -0.39 is 6.03 Å². The van der Waals surface area contributed by atoms with E-state index in [2.05, 4.69) is 32.0 Å². The van der Waals surface area contributed by atoms with Crippen molar-refractivity contribution < 1.29 is 19.4 Å². The fourth-order valence-corrected chi connectivity index (χ4v) is 3.54. The summed E-state index contributed by atoms with van der Waals surface area (Å²) in [6.07, 6.45) is 3.31. The second-order valence-corrected chi connectivity index (χ2v) is 7.82. The fraction of sp³-hybridized carbons (Fsp3) is 0.280. The number of carbonyl (C=O) groups is 1. The molecule has 0 aliphatic carbocycles. The van der Waals surface area contributed by atoms with E-state index in [4.69, 9.17) is 14.6 Å². The number of ether oxygens (including phenoxy) is 2. The van der Waals surface area contributed by atoms with Gasteiger partial charge in [0.25, 0.3) is 0 Å². The highest BCUT2D eigenvalue weighted by Gasteiger charge is 2.17. The number of aromatic nitrogens is 2. The summed E-state index contributed by atoms with van der Waals surface area (Å²) in [6, 6.07) is 16.1. The molecule has 1 aliphatic heterocycles. The first kappa shape index (κ1) is 23.9. The molecular weight excluding hydrogens is 448 g/mol. The monoisotopic (exact) mass is 474 g/mol. The van der Waals surface area contributed by atoms with Gasteiger partial charge in [0.15, 0.2) is 0 Å². The Hall–Kier alpha value is -4.20. The van der Waals surface area contributed by atoms with E-state index in [9.17, 15) is 10.1 Å². The van der Waals surface area contributed by atoms with Crippen LogP contribution in [0.15, 0.2) is 54.7 Å². The Bertz CT molecular complexity index is 1190. The molecule has 0 saturated carbocycles. The molecule has 10 nitrogen and oxygen atoms in total. The van der Waals surface area contributed by atoms with Gasteiger partial charge in [-0.1, -0.05) is 0 Å². The molecule has 0 spiro atoms. The largest absolute Gasteiger partial charge is 0.489 e. The van der Waals surface area contributed by atoms with E-state index in [1.165, 1.54) is 0 Å².